The van der Waals surface area contributed by atoms with Gasteiger partial charge in [-0.1, -0.05) is 37.6 Å². The standard InChI is InChI=1S/C19H22ClNO3/c1-4-12(3)13-6-8-15(9-7-13)21-19(23)14-10-16(20)18(22)17(11-14)24-5-2/h6-12,22H,4-5H2,1-3H3,(H,21,23)/t12-/m0/s1. The quantitative estimate of drug-likeness (QED) is 0.754. The van der Waals surface area contributed by atoms with Crippen LogP contribution in [0.15, 0.2) is 36.4 Å². The lowest BCUT2D eigenvalue weighted by atomic mass is 9.98. The Morgan fingerprint density at radius 1 is 1.25 bits per heavy atom. The van der Waals surface area contributed by atoms with E-state index in [0.717, 1.165) is 6.42 Å². The summed E-state index contributed by atoms with van der Waals surface area (Å²) in [5.74, 6) is 0.212. The summed E-state index contributed by atoms with van der Waals surface area (Å²) < 4.78 is 5.30. The summed E-state index contributed by atoms with van der Waals surface area (Å²) in [5, 5.41) is 12.7. The van der Waals surface area contributed by atoms with E-state index in [2.05, 4.69) is 19.2 Å². The van der Waals surface area contributed by atoms with Gasteiger partial charge in [0, 0.05) is 11.3 Å². The average Bonchev–Trinajstić information content (AvgIpc) is 2.58. The van der Waals surface area contributed by atoms with Gasteiger partial charge in [-0.3, -0.25) is 4.79 Å². The number of hydrogen-bond donors (Lipinski definition) is 2. The molecule has 0 aliphatic heterocycles. The van der Waals surface area contributed by atoms with Crippen molar-refractivity contribution in [2.24, 2.45) is 0 Å². The summed E-state index contributed by atoms with van der Waals surface area (Å²) in [6.45, 7) is 6.47. The second kappa shape index (κ2) is 8.06. The molecule has 24 heavy (non-hydrogen) atoms. The number of carbonyl (C=O) groups is 1. The van der Waals surface area contributed by atoms with Crippen LogP contribution in [0.25, 0.3) is 0 Å². The van der Waals surface area contributed by atoms with Crippen molar-refractivity contribution < 1.29 is 14.6 Å². The first-order valence-corrected chi connectivity index (χ1v) is 8.40. The summed E-state index contributed by atoms with van der Waals surface area (Å²) in [7, 11) is 0. The van der Waals surface area contributed by atoms with Crippen LogP contribution in [0.5, 0.6) is 11.5 Å². The molecule has 0 saturated heterocycles. The van der Waals surface area contributed by atoms with E-state index in [1.54, 1.807) is 6.92 Å². The van der Waals surface area contributed by atoms with Crippen molar-refractivity contribution in [2.75, 3.05) is 11.9 Å². The van der Waals surface area contributed by atoms with Crippen LogP contribution in [0.3, 0.4) is 0 Å². The Morgan fingerprint density at radius 3 is 2.50 bits per heavy atom. The van der Waals surface area contributed by atoms with Crippen LogP contribution in [-0.4, -0.2) is 17.6 Å². The maximum atomic E-state index is 12.4. The largest absolute Gasteiger partial charge is 0.503 e. The number of halogens is 1. The number of nitrogens with one attached hydrogen (secondary N) is 1. The van der Waals surface area contributed by atoms with E-state index in [0.29, 0.717) is 23.8 Å². The molecular formula is C19H22ClNO3. The lowest BCUT2D eigenvalue weighted by molar-refractivity contribution is 0.102. The summed E-state index contributed by atoms with van der Waals surface area (Å²) in [6, 6.07) is 10.7. The van der Waals surface area contributed by atoms with Gasteiger partial charge >= 0.3 is 0 Å². The lowest BCUT2D eigenvalue weighted by Gasteiger charge is -2.12. The first-order chi connectivity index (χ1) is 11.5. The molecule has 0 aliphatic rings. The fraction of sp³-hybridized carbons (Fsp3) is 0.316. The van der Waals surface area contributed by atoms with Crippen LogP contribution >= 0.6 is 11.6 Å². The number of phenolic OH excluding ortho intramolecular Hbond substituents is 1. The van der Waals surface area contributed by atoms with Crippen molar-refractivity contribution >= 4 is 23.2 Å². The van der Waals surface area contributed by atoms with Crippen molar-refractivity contribution in [2.45, 2.75) is 33.1 Å². The minimum atomic E-state index is -0.311. The Hall–Kier alpha value is -2.20. The zero-order valence-corrected chi connectivity index (χ0v) is 14.9. The van der Waals surface area contributed by atoms with Gasteiger partial charge in [-0.15, -0.1) is 0 Å². The molecule has 4 nitrogen and oxygen atoms in total. The van der Waals surface area contributed by atoms with Crippen LogP contribution in [0.4, 0.5) is 5.69 Å². The predicted octanol–water partition coefficient (Wildman–Crippen LogP) is 5.21. The molecule has 2 rings (SSSR count). The van der Waals surface area contributed by atoms with Gasteiger partial charge in [-0.05, 0) is 49.1 Å². The third-order valence-electron chi connectivity index (χ3n) is 3.94. The Labute approximate surface area is 147 Å². The summed E-state index contributed by atoms with van der Waals surface area (Å²) in [5.41, 5.74) is 2.27. The minimum absolute atomic E-state index is 0.0817. The molecule has 0 aromatic heterocycles. The van der Waals surface area contributed by atoms with Gasteiger partial charge in [0.05, 0.1) is 11.6 Å². The molecule has 2 N–H and O–H groups in total. The first kappa shape index (κ1) is 18.1. The highest BCUT2D eigenvalue weighted by Gasteiger charge is 2.14. The Bertz CT molecular complexity index is 713. The number of ether oxygens (including phenoxy) is 1. The molecule has 128 valence electrons. The number of phenols is 1. The van der Waals surface area contributed by atoms with Gasteiger partial charge in [-0.2, -0.15) is 0 Å². The number of rotatable bonds is 6. The lowest BCUT2D eigenvalue weighted by Crippen LogP contribution is -2.12. The highest BCUT2D eigenvalue weighted by atomic mass is 35.5. The normalized spacial score (nSPS) is 11.8. The second-order valence-corrected chi connectivity index (χ2v) is 6.03. The van der Waals surface area contributed by atoms with Gasteiger partial charge in [0.2, 0.25) is 0 Å². The van der Waals surface area contributed by atoms with Gasteiger partial charge in [-0.25, -0.2) is 0 Å². The zero-order chi connectivity index (χ0) is 17.7. The van der Waals surface area contributed by atoms with E-state index < -0.39 is 0 Å². The van der Waals surface area contributed by atoms with Crippen molar-refractivity contribution in [3.05, 3.63) is 52.5 Å². The summed E-state index contributed by atoms with van der Waals surface area (Å²) in [6.07, 6.45) is 1.07. The molecule has 1 amide bonds. The van der Waals surface area contributed by atoms with Crippen molar-refractivity contribution in [3.8, 4) is 11.5 Å². The Morgan fingerprint density at radius 2 is 1.92 bits per heavy atom. The number of carbonyl (C=O) groups excluding carboxylic acids is 1. The van der Waals surface area contributed by atoms with Crippen LogP contribution in [0, 0.1) is 0 Å². The van der Waals surface area contributed by atoms with Crippen molar-refractivity contribution in [3.63, 3.8) is 0 Å². The van der Waals surface area contributed by atoms with E-state index in [1.807, 2.05) is 24.3 Å². The fourth-order valence-corrected chi connectivity index (χ4v) is 2.52. The van der Waals surface area contributed by atoms with E-state index in [9.17, 15) is 9.90 Å². The second-order valence-electron chi connectivity index (χ2n) is 5.62. The molecular weight excluding hydrogens is 326 g/mol. The van der Waals surface area contributed by atoms with Crippen LogP contribution in [0.2, 0.25) is 5.02 Å². The number of amides is 1. The summed E-state index contributed by atoms with van der Waals surface area (Å²) in [4.78, 5) is 12.4. The molecule has 0 unspecified atom stereocenters. The highest BCUT2D eigenvalue weighted by molar-refractivity contribution is 6.32. The minimum Gasteiger partial charge on any atom is -0.503 e. The van der Waals surface area contributed by atoms with Crippen LogP contribution in [0.1, 0.15) is 49.0 Å². The summed E-state index contributed by atoms with van der Waals surface area (Å²) >= 11 is 5.96. The number of aromatic hydroxyl groups is 1. The molecule has 5 heteroatoms. The third-order valence-corrected chi connectivity index (χ3v) is 4.23. The molecule has 0 bridgehead atoms. The Balaban J connectivity index is 2.17. The topological polar surface area (TPSA) is 58.6 Å². The molecule has 0 radical (unpaired) electrons. The van der Waals surface area contributed by atoms with E-state index >= 15 is 0 Å². The molecule has 0 aliphatic carbocycles. The van der Waals surface area contributed by atoms with E-state index in [4.69, 9.17) is 16.3 Å². The van der Waals surface area contributed by atoms with Gasteiger partial charge in [0.1, 0.15) is 0 Å². The molecule has 0 saturated carbocycles. The fourth-order valence-electron chi connectivity index (χ4n) is 2.30. The number of hydrogen-bond acceptors (Lipinski definition) is 3. The Kier molecular flexibility index (Phi) is 6.10. The van der Waals surface area contributed by atoms with Gasteiger partial charge < -0.3 is 15.2 Å². The molecule has 0 spiro atoms. The maximum absolute atomic E-state index is 12.4. The average molecular weight is 348 g/mol. The molecule has 0 heterocycles. The van der Waals surface area contributed by atoms with Crippen LogP contribution in [-0.2, 0) is 0 Å². The van der Waals surface area contributed by atoms with Crippen molar-refractivity contribution in [1.29, 1.82) is 0 Å². The smallest absolute Gasteiger partial charge is 0.255 e. The van der Waals surface area contributed by atoms with Crippen molar-refractivity contribution in [1.82, 2.24) is 0 Å². The first-order valence-electron chi connectivity index (χ1n) is 8.02. The van der Waals surface area contributed by atoms with E-state index in [-0.39, 0.29) is 22.4 Å². The molecule has 2 aromatic carbocycles. The SMILES string of the molecule is CCOc1cc(C(=O)Nc2ccc([C@@H](C)CC)cc2)cc(Cl)c1O. The molecule has 2 aromatic rings. The maximum Gasteiger partial charge on any atom is 0.255 e. The molecule has 0 fully saturated rings. The number of anilines is 1. The number of benzene rings is 2. The third kappa shape index (κ3) is 4.20. The van der Waals surface area contributed by atoms with Crippen LogP contribution < -0.4 is 10.1 Å². The monoisotopic (exact) mass is 347 g/mol. The van der Waals surface area contributed by atoms with E-state index in [1.165, 1.54) is 17.7 Å². The zero-order valence-electron chi connectivity index (χ0n) is 14.1. The van der Waals surface area contributed by atoms with Gasteiger partial charge in [0.25, 0.3) is 5.91 Å². The molecule has 1 atom stereocenters. The van der Waals surface area contributed by atoms with Gasteiger partial charge in [0.15, 0.2) is 11.5 Å². The predicted molar refractivity (Wildman–Crippen MR) is 97.4 cm³/mol. The highest BCUT2D eigenvalue weighted by Crippen LogP contribution is 2.35.